The molecule has 0 bridgehead atoms. The number of carbonyl (C=O) groups is 2. The maximum atomic E-state index is 14.5. The molecule has 0 saturated heterocycles. The van der Waals surface area contributed by atoms with Gasteiger partial charge in [0.15, 0.2) is 0 Å². The molecule has 3 aromatic carbocycles. The Bertz CT molecular complexity index is 1530. The minimum Gasteiger partial charge on any atom is -0.497 e. The summed E-state index contributed by atoms with van der Waals surface area (Å²) in [5.41, 5.74) is 10.0. The molecule has 2 amide bonds. The van der Waals surface area contributed by atoms with Crippen LogP contribution in [0.25, 0.3) is 11.3 Å². The fourth-order valence-corrected chi connectivity index (χ4v) is 6.09. The average Bonchev–Trinajstić information content (AvgIpc) is 3.65. The van der Waals surface area contributed by atoms with Gasteiger partial charge in [0.2, 0.25) is 5.91 Å². The molecule has 1 fully saturated rings. The Morgan fingerprint density at radius 1 is 0.976 bits per heavy atom. The third-order valence-electron chi connectivity index (χ3n) is 7.74. The Morgan fingerprint density at radius 2 is 1.60 bits per heavy atom. The molecule has 9 heteroatoms. The number of hydrogen-bond acceptors (Lipinski definition) is 6. The molecule has 1 aliphatic rings. The van der Waals surface area contributed by atoms with Crippen molar-refractivity contribution in [3.63, 3.8) is 0 Å². The highest BCUT2D eigenvalue weighted by atomic mass is 32.1. The molecule has 5 rings (SSSR count). The molecular weight excluding hydrogens is 551 g/mol. The van der Waals surface area contributed by atoms with E-state index in [9.17, 15) is 14.0 Å². The minimum absolute atomic E-state index is 0.0528. The average molecular weight is 587 g/mol. The summed E-state index contributed by atoms with van der Waals surface area (Å²) in [6.07, 6.45) is 3.92. The number of carbonyl (C=O) groups excluding carboxylic acids is 2. The van der Waals surface area contributed by atoms with Gasteiger partial charge in [0, 0.05) is 17.3 Å². The van der Waals surface area contributed by atoms with E-state index in [0.717, 1.165) is 42.8 Å². The molecule has 7 nitrogen and oxygen atoms in total. The second kappa shape index (κ2) is 12.7. The van der Waals surface area contributed by atoms with Gasteiger partial charge in [-0.05, 0) is 89.9 Å². The van der Waals surface area contributed by atoms with Crippen LogP contribution < -0.4 is 20.7 Å². The first-order chi connectivity index (χ1) is 20.3. The van der Waals surface area contributed by atoms with Crippen molar-refractivity contribution >= 4 is 34.7 Å². The van der Waals surface area contributed by atoms with Gasteiger partial charge in [-0.1, -0.05) is 51.0 Å². The normalized spacial score (nSPS) is 14.1. The number of amides is 2. The molecule has 3 N–H and O–H groups in total. The number of nitrogens with one attached hydrogen (secondary N) is 1. The Hall–Kier alpha value is -4.24. The molecule has 218 valence electrons. The molecular formula is C33H35FN4O3S. The number of benzene rings is 3. The van der Waals surface area contributed by atoms with Gasteiger partial charge in [0.25, 0.3) is 5.91 Å². The highest BCUT2D eigenvalue weighted by molar-refractivity contribution is 7.09. The van der Waals surface area contributed by atoms with Crippen LogP contribution in [0, 0.1) is 5.82 Å². The fraction of sp³-hybridized carbons (Fsp3) is 0.303. The van der Waals surface area contributed by atoms with Crippen molar-refractivity contribution in [3.05, 3.63) is 94.6 Å². The minimum atomic E-state index is -0.982. The topological polar surface area (TPSA) is 97.5 Å². The van der Waals surface area contributed by atoms with E-state index in [1.54, 1.807) is 43.5 Å². The molecule has 0 unspecified atom stereocenters. The number of halogens is 1. The molecule has 42 heavy (non-hydrogen) atoms. The van der Waals surface area contributed by atoms with Crippen molar-refractivity contribution in [3.8, 4) is 17.0 Å². The molecule has 4 aromatic rings. The summed E-state index contributed by atoms with van der Waals surface area (Å²) < 4.78 is 23.4. The quantitative estimate of drug-likeness (QED) is 0.218. The van der Waals surface area contributed by atoms with Crippen LogP contribution >= 0.6 is 11.5 Å². The van der Waals surface area contributed by atoms with Crippen LogP contribution in [0.2, 0.25) is 0 Å². The lowest BCUT2D eigenvalue weighted by molar-refractivity contribution is -0.123. The number of methoxy groups -OCH3 is 1. The first kappa shape index (κ1) is 29.3. The van der Waals surface area contributed by atoms with Crippen molar-refractivity contribution in [2.45, 2.75) is 57.5 Å². The highest BCUT2D eigenvalue weighted by Crippen LogP contribution is 2.37. The van der Waals surface area contributed by atoms with Gasteiger partial charge in [-0.25, -0.2) is 4.39 Å². The predicted molar refractivity (Wildman–Crippen MR) is 165 cm³/mol. The summed E-state index contributed by atoms with van der Waals surface area (Å²) in [7, 11) is 1.58. The SMILES string of the molecule is COc1ccc([C@H](C(=O)NC2CCCC2)N(C(=O)c2snc(-c3ccc(F)cc3)c2N)c2ccc(C(C)C)cc2)cc1. The van der Waals surface area contributed by atoms with E-state index in [1.165, 1.54) is 17.0 Å². The maximum absolute atomic E-state index is 14.5. The second-order valence-corrected chi connectivity index (χ2v) is 11.6. The van der Waals surface area contributed by atoms with E-state index in [0.29, 0.717) is 34.2 Å². The molecule has 1 saturated carbocycles. The maximum Gasteiger partial charge on any atom is 0.273 e. The van der Waals surface area contributed by atoms with Crippen molar-refractivity contribution in [2.75, 3.05) is 17.7 Å². The van der Waals surface area contributed by atoms with Gasteiger partial charge in [-0.3, -0.25) is 14.5 Å². The van der Waals surface area contributed by atoms with E-state index >= 15 is 0 Å². The molecule has 0 radical (unpaired) electrons. The van der Waals surface area contributed by atoms with Crippen LogP contribution in [0.3, 0.4) is 0 Å². The van der Waals surface area contributed by atoms with Crippen molar-refractivity contribution in [2.24, 2.45) is 0 Å². The third-order valence-corrected chi connectivity index (χ3v) is 8.59. The summed E-state index contributed by atoms with van der Waals surface area (Å²) in [5, 5.41) is 3.20. The Morgan fingerprint density at radius 3 is 2.19 bits per heavy atom. The van der Waals surface area contributed by atoms with Gasteiger partial charge in [0.1, 0.15) is 28.2 Å². The number of nitrogens with zero attached hydrogens (tertiary/aromatic N) is 2. The molecule has 1 heterocycles. The van der Waals surface area contributed by atoms with Crippen molar-refractivity contribution in [1.82, 2.24) is 9.69 Å². The van der Waals surface area contributed by atoms with E-state index < -0.39 is 11.9 Å². The van der Waals surface area contributed by atoms with Crippen LogP contribution in [0.5, 0.6) is 5.75 Å². The lowest BCUT2D eigenvalue weighted by Crippen LogP contribution is -2.46. The van der Waals surface area contributed by atoms with Crippen LogP contribution in [0.15, 0.2) is 72.8 Å². The Kier molecular flexibility index (Phi) is 8.87. The molecule has 1 aliphatic carbocycles. The summed E-state index contributed by atoms with van der Waals surface area (Å²) in [4.78, 5) is 30.3. The lowest BCUT2D eigenvalue weighted by atomic mass is 9.99. The molecule has 1 aromatic heterocycles. The zero-order valence-corrected chi connectivity index (χ0v) is 24.8. The van der Waals surface area contributed by atoms with Gasteiger partial charge in [0.05, 0.1) is 12.8 Å². The number of nitrogen functional groups attached to an aromatic ring is 1. The summed E-state index contributed by atoms with van der Waals surface area (Å²) >= 11 is 0.966. The van der Waals surface area contributed by atoms with Crippen LogP contribution in [0.4, 0.5) is 15.8 Å². The number of rotatable bonds is 9. The van der Waals surface area contributed by atoms with Crippen LogP contribution in [0.1, 0.15) is 72.3 Å². The zero-order valence-electron chi connectivity index (χ0n) is 24.0. The van der Waals surface area contributed by atoms with Crippen LogP contribution in [-0.4, -0.2) is 29.3 Å². The monoisotopic (exact) mass is 586 g/mol. The number of aromatic nitrogens is 1. The number of hydrogen-bond donors (Lipinski definition) is 2. The summed E-state index contributed by atoms with van der Waals surface area (Å²) in [6.45, 7) is 4.20. The molecule has 0 spiro atoms. The van der Waals surface area contributed by atoms with E-state index in [1.807, 2.05) is 24.3 Å². The van der Waals surface area contributed by atoms with Gasteiger partial charge < -0.3 is 15.8 Å². The molecule has 1 atom stereocenters. The van der Waals surface area contributed by atoms with Gasteiger partial charge >= 0.3 is 0 Å². The highest BCUT2D eigenvalue weighted by Gasteiger charge is 2.37. The Labute approximate surface area is 249 Å². The Balaban J connectivity index is 1.62. The van der Waals surface area contributed by atoms with Crippen LogP contribution in [-0.2, 0) is 4.79 Å². The van der Waals surface area contributed by atoms with E-state index in [-0.39, 0.29) is 28.3 Å². The van der Waals surface area contributed by atoms with Gasteiger partial charge in [-0.2, -0.15) is 4.37 Å². The number of nitrogens with two attached hydrogens (primary N) is 1. The largest absolute Gasteiger partial charge is 0.497 e. The first-order valence-corrected chi connectivity index (χ1v) is 14.9. The third kappa shape index (κ3) is 6.16. The fourth-order valence-electron chi connectivity index (χ4n) is 5.33. The number of anilines is 2. The van der Waals surface area contributed by atoms with E-state index in [4.69, 9.17) is 10.5 Å². The first-order valence-electron chi connectivity index (χ1n) is 14.2. The zero-order chi connectivity index (χ0) is 29.8. The number of ether oxygens (including phenoxy) is 1. The van der Waals surface area contributed by atoms with Crippen molar-refractivity contribution < 1.29 is 18.7 Å². The standard InChI is InChI=1S/C33H35FN4O3S/c1-20(2)21-10-16-26(17-11-21)38(33(40)31-28(35)29(37-42-31)22-8-14-24(34)15-9-22)30(23-12-18-27(41-3)19-13-23)32(39)36-25-6-4-5-7-25/h8-20,25,30H,4-7,35H2,1-3H3,(H,36,39)/t30-/m1/s1. The predicted octanol–water partition coefficient (Wildman–Crippen LogP) is 7.11. The summed E-state index contributed by atoms with van der Waals surface area (Å²) in [5.74, 6) is -0.158. The van der Waals surface area contributed by atoms with Gasteiger partial charge in [-0.15, -0.1) is 0 Å². The second-order valence-electron chi connectivity index (χ2n) is 10.9. The summed E-state index contributed by atoms with van der Waals surface area (Å²) in [6, 6.07) is 19.7. The van der Waals surface area contributed by atoms with Crippen molar-refractivity contribution in [1.29, 1.82) is 0 Å². The van der Waals surface area contributed by atoms with E-state index in [2.05, 4.69) is 23.5 Å². The molecule has 0 aliphatic heterocycles. The smallest absolute Gasteiger partial charge is 0.273 e. The lowest BCUT2D eigenvalue weighted by Gasteiger charge is -2.32.